The molecular weight excluding hydrogens is 160 g/mol. The lowest BCUT2D eigenvalue weighted by atomic mass is 9.82. The van der Waals surface area contributed by atoms with Crippen molar-refractivity contribution in [3.8, 4) is 6.07 Å². The summed E-state index contributed by atoms with van der Waals surface area (Å²) in [6.07, 6.45) is 7.69. The van der Waals surface area contributed by atoms with Gasteiger partial charge in [-0.3, -0.25) is 5.32 Å². The van der Waals surface area contributed by atoms with E-state index in [2.05, 4.69) is 11.4 Å². The van der Waals surface area contributed by atoms with Gasteiger partial charge in [0.1, 0.15) is 5.54 Å². The molecule has 0 radical (unpaired) electrons. The lowest BCUT2D eigenvalue weighted by Crippen LogP contribution is -2.49. The molecule has 3 atom stereocenters. The zero-order valence-electron chi connectivity index (χ0n) is 7.92. The lowest BCUT2D eigenvalue weighted by Gasteiger charge is -2.32. The van der Waals surface area contributed by atoms with Crippen LogP contribution in [-0.4, -0.2) is 11.6 Å². The number of nitrogens with zero attached hydrogens (tertiary/aromatic N) is 1. The van der Waals surface area contributed by atoms with Crippen molar-refractivity contribution < 1.29 is 0 Å². The van der Waals surface area contributed by atoms with Crippen molar-refractivity contribution in [2.75, 3.05) is 0 Å². The molecule has 0 aliphatic heterocycles. The minimum atomic E-state index is -0.107. The Morgan fingerprint density at radius 3 is 2.54 bits per heavy atom. The van der Waals surface area contributed by atoms with Crippen molar-refractivity contribution in [3.05, 3.63) is 0 Å². The van der Waals surface area contributed by atoms with Gasteiger partial charge in [0.25, 0.3) is 0 Å². The van der Waals surface area contributed by atoms with E-state index in [-0.39, 0.29) is 5.54 Å². The minimum absolute atomic E-state index is 0.107. The smallest absolute Gasteiger partial charge is 0.110 e. The van der Waals surface area contributed by atoms with Crippen LogP contribution in [0.1, 0.15) is 38.5 Å². The van der Waals surface area contributed by atoms with Crippen molar-refractivity contribution in [1.29, 1.82) is 5.26 Å². The highest BCUT2D eigenvalue weighted by atomic mass is 15.1. The fourth-order valence-corrected chi connectivity index (χ4v) is 3.27. The Bertz CT molecular complexity index is 264. The molecule has 0 amide bonds. The molecule has 2 bridgehead atoms. The number of fused-ring (bicyclic) bond motifs is 2. The van der Waals surface area contributed by atoms with Gasteiger partial charge in [-0.25, -0.2) is 0 Å². The number of nitrogens with one attached hydrogen (secondary N) is 1. The molecular formula is C11H16N2. The number of hydrogen-bond donors (Lipinski definition) is 1. The summed E-state index contributed by atoms with van der Waals surface area (Å²) in [5.74, 6) is 1.53. The molecule has 70 valence electrons. The van der Waals surface area contributed by atoms with E-state index in [1.54, 1.807) is 0 Å². The summed E-state index contributed by atoms with van der Waals surface area (Å²) in [5.41, 5.74) is -0.107. The maximum atomic E-state index is 9.30. The largest absolute Gasteiger partial charge is 0.296 e. The van der Waals surface area contributed by atoms with Crippen LogP contribution in [0.25, 0.3) is 0 Å². The van der Waals surface area contributed by atoms with Gasteiger partial charge in [-0.05, 0) is 50.4 Å². The molecule has 3 saturated carbocycles. The SMILES string of the molecule is N#CC1(NC2CC2)CC2CCC1C2. The predicted octanol–water partition coefficient (Wildman–Crippen LogP) is 1.82. The highest BCUT2D eigenvalue weighted by Gasteiger charge is 2.52. The molecule has 2 heteroatoms. The summed E-state index contributed by atoms with van der Waals surface area (Å²) >= 11 is 0. The van der Waals surface area contributed by atoms with Crippen molar-refractivity contribution >= 4 is 0 Å². The van der Waals surface area contributed by atoms with E-state index in [1.807, 2.05) is 0 Å². The lowest BCUT2D eigenvalue weighted by molar-refractivity contribution is 0.272. The average molecular weight is 176 g/mol. The van der Waals surface area contributed by atoms with Crippen LogP contribution in [0.5, 0.6) is 0 Å². The Labute approximate surface area is 79.3 Å². The van der Waals surface area contributed by atoms with Crippen molar-refractivity contribution in [1.82, 2.24) is 5.32 Å². The third-order valence-electron chi connectivity index (χ3n) is 4.09. The van der Waals surface area contributed by atoms with Crippen LogP contribution in [0, 0.1) is 23.2 Å². The third-order valence-corrected chi connectivity index (χ3v) is 4.09. The maximum Gasteiger partial charge on any atom is 0.110 e. The van der Waals surface area contributed by atoms with Gasteiger partial charge in [0, 0.05) is 6.04 Å². The average Bonchev–Trinajstić information content (AvgIpc) is 2.74. The second kappa shape index (κ2) is 2.48. The molecule has 0 aromatic heterocycles. The Kier molecular flexibility index (Phi) is 1.49. The zero-order chi connectivity index (χ0) is 8.89. The van der Waals surface area contributed by atoms with Crippen LogP contribution in [0.4, 0.5) is 0 Å². The van der Waals surface area contributed by atoms with E-state index < -0.39 is 0 Å². The van der Waals surface area contributed by atoms with Gasteiger partial charge < -0.3 is 0 Å². The summed E-state index contributed by atoms with van der Waals surface area (Å²) in [5, 5.41) is 12.9. The topological polar surface area (TPSA) is 35.8 Å². The molecule has 3 aliphatic carbocycles. The highest BCUT2D eigenvalue weighted by Crippen LogP contribution is 2.51. The van der Waals surface area contributed by atoms with Crippen LogP contribution in [-0.2, 0) is 0 Å². The van der Waals surface area contributed by atoms with Gasteiger partial charge in [-0.2, -0.15) is 5.26 Å². The quantitative estimate of drug-likeness (QED) is 0.696. The summed E-state index contributed by atoms with van der Waals surface area (Å²) in [4.78, 5) is 0. The van der Waals surface area contributed by atoms with E-state index in [1.165, 1.54) is 32.1 Å². The molecule has 2 nitrogen and oxygen atoms in total. The van der Waals surface area contributed by atoms with Gasteiger partial charge in [0.2, 0.25) is 0 Å². The van der Waals surface area contributed by atoms with Gasteiger partial charge in [-0.15, -0.1) is 0 Å². The Hall–Kier alpha value is -0.550. The van der Waals surface area contributed by atoms with Crippen molar-refractivity contribution in [2.24, 2.45) is 11.8 Å². The standard InChI is InChI=1S/C11H16N2/c12-7-11(13-10-3-4-10)6-8-1-2-9(11)5-8/h8-10,13H,1-6H2. The van der Waals surface area contributed by atoms with Gasteiger partial charge >= 0.3 is 0 Å². The Balaban J connectivity index is 1.80. The number of rotatable bonds is 2. The highest BCUT2D eigenvalue weighted by molar-refractivity contribution is 5.19. The van der Waals surface area contributed by atoms with Crippen molar-refractivity contribution in [3.63, 3.8) is 0 Å². The first-order chi connectivity index (χ1) is 6.32. The van der Waals surface area contributed by atoms with Gasteiger partial charge in [0.15, 0.2) is 0 Å². The predicted molar refractivity (Wildman–Crippen MR) is 49.9 cm³/mol. The van der Waals surface area contributed by atoms with E-state index in [9.17, 15) is 5.26 Å². The Morgan fingerprint density at radius 2 is 2.08 bits per heavy atom. The van der Waals surface area contributed by atoms with Crippen LogP contribution in [0.2, 0.25) is 0 Å². The molecule has 3 fully saturated rings. The molecule has 3 aliphatic rings. The monoisotopic (exact) mass is 176 g/mol. The summed E-state index contributed by atoms with van der Waals surface area (Å²) < 4.78 is 0. The van der Waals surface area contributed by atoms with Crippen LogP contribution < -0.4 is 5.32 Å². The first-order valence-electron chi connectivity index (χ1n) is 5.51. The van der Waals surface area contributed by atoms with Crippen LogP contribution in [0.15, 0.2) is 0 Å². The molecule has 0 heterocycles. The number of nitriles is 1. The third kappa shape index (κ3) is 1.10. The number of hydrogen-bond acceptors (Lipinski definition) is 2. The maximum absolute atomic E-state index is 9.30. The fraction of sp³-hybridized carbons (Fsp3) is 0.909. The molecule has 0 spiro atoms. The van der Waals surface area contributed by atoms with E-state index in [0.717, 1.165) is 12.3 Å². The van der Waals surface area contributed by atoms with Gasteiger partial charge in [0.05, 0.1) is 6.07 Å². The Morgan fingerprint density at radius 1 is 1.23 bits per heavy atom. The molecule has 3 rings (SSSR count). The fourth-order valence-electron chi connectivity index (χ4n) is 3.27. The second-order valence-corrected chi connectivity index (χ2v) is 5.08. The second-order valence-electron chi connectivity index (χ2n) is 5.08. The molecule has 0 saturated heterocycles. The molecule has 0 aromatic carbocycles. The summed E-state index contributed by atoms with van der Waals surface area (Å²) in [6.45, 7) is 0. The van der Waals surface area contributed by atoms with Crippen LogP contribution in [0.3, 0.4) is 0 Å². The first-order valence-corrected chi connectivity index (χ1v) is 5.51. The van der Waals surface area contributed by atoms with Crippen LogP contribution >= 0.6 is 0 Å². The zero-order valence-corrected chi connectivity index (χ0v) is 7.92. The van der Waals surface area contributed by atoms with E-state index in [0.29, 0.717) is 12.0 Å². The first kappa shape index (κ1) is 7.82. The summed E-state index contributed by atoms with van der Waals surface area (Å²) in [7, 11) is 0. The summed E-state index contributed by atoms with van der Waals surface area (Å²) in [6, 6.07) is 3.25. The molecule has 0 aromatic rings. The molecule has 3 unspecified atom stereocenters. The van der Waals surface area contributed by atoms with Gasteiger partial charge in [-0.1, -0.05) is 0 Å². The molecule has 1 N–H and O–H groups in total. The van der Waals surface area contributed by atoms with Crippen molar-refractivity contribution in [2.45, 2.75) is 50.1 Å². The normalized spacial score (nSPS) is 47.9. The van der Waals surface area contributed by atoms with E-state index in [4.69, 9.17) is 0 Å². The molecule has 13 heavy (non-hydrogen) atoms. The minimum Gasteiger partial charge on any atom is -0.296 e. The van der Waals surface area contributed by atoms with E-state index >= 15 is 0 Å².